The Labute approximate surface area is 119 Å². The van der Waals surface area contributed by atoms with Gasteiger partial charge in [-0.05, 0) is 35.2 Å². The van der Waals surface area contributed by atoms with E-state index in [4.69, 9.17) is 0 Å². The molecular weight excluding hydrogens is 260 g/mol. The summed E-state index contributed by atoms with van der Waals surface area (Å²) in [6.07, 6.45) is 3.25. The van der Waals surface area contributed by atoms with Crippen molar-refractivity contribution < 1.29 is 9.90 Å². The predicted octanol–water partition coefficient (Wildman–Crippen LogP) is 2.88. The number of urea groups is 1. The molecule has 0 spiro atoms. The van der Waals surface area contributed by atoms with Crippen LogP contribution in [0.2, 0.25) is 0 Å². The highest BCUT2D eigenvalue weighted by Gasteiger charge is 2.25. The number of rotatable bonds is 8. The van der Waals surface area contributed by atoms with Crippen LogP contribution >= 0.6 is 11.3 Å². The summed E-state index contributed by atoms with van der Waals surface area (Å²) < 4.78 is 0. The lowest BCUT2D eigenvalue weighted by molar-refractivity contribution is 0.0241. The number of hydrogen-bond acceptors (Lipinski definition) is 3. The average Bonchev–Trinajstić information content (AvgIpc) is 2.88. The van der Waals surface area contributed by atoms with Gasteiger partial charge in [0.05, 0.1) is 5.60 Å². The molecule has 0 aliphatic carbocycles. The molecule has 4 nitrogen and oxygen atoms in total. The zero-order valence-electron chi connectivity index (χ0n) is 11.7. The quantitative estimate of drug-likeness (QED) is 0.687. The van der Waals surface area contributed by atoms with Crippen LogP contribution in [0.5, 0.6) is 0 Å². The summed E-state index contributed by atoms with van der Waals surface area (Å²) in [7, 11) is 0. The number of amides is 2. The lowest BCUT2D eigenvalue weighted by Crippen LogP contribution is -2.46. The molecule has 1 heterocycles. The molecule has 2 amide bonds. The van der Waals surface area contributed by atoms with Crippen molar-refractivity contribution in [2.24, 2.45) is 0 Å². The Bertz CT molecular complexity index is 360. The minimum Gasteiger partial charge on any atom is -0.388 e. The molecule has 0 aromatic carbocycles. The van der Waals surface area contributed by atoms with Crippen molar-refractivity contribution in [1.29, 1.82) is 0 Å². The van der Waals surface area contributed by atoms with Gasteiger partial charge < -0.3 is 15.7 Å². The number of thiophene rings is 1. The molecule has 1 rings (SSSR count). The van der Waals surface area contributed by atoms with E-state index in [9.17, 15) is 9.90 Å². The van der Waals surface area contributed by atoms with Crippen LogP contribution in [-0.2, 0) is 6.54 Å². The molecule has 0 aliphatic heterocycles. The SMILES string of the molecule is CCCC(O)(CCC)CNC(=O)NCc1ccsc1. The Hall–Kier alpha value is -1.07. The third-order valence-corrected chi connectivity index (χ3v) is 3.77. The summed E-state index contributed by atoms with van der Waals surface area (Å²) in [5.41, 5.74) is 0.320. The van der Waals surface area contributed by atoms with E-state index >= 15 is 0 Å². The van der Waals surface area contributed by atoms with E-state index in [-0.39, 0.29) is 6.03 Å². The summed E-state index contributed by atoms with van der Waals surface area (Å²) in [5, 5.41) is 19.9. The Kier molecular flexibility index (Phi) is 6.87. The van der Waals surface area contributed by atoms with Gasteiger partial charge in [0.25, 0.3) is 0 Å². The average molecular weight is 284 g/mol. The highest BCUT2D eigenvalue weighted by atomic mass is 32.1. The zero-order valence-corrected chi connectivity index (χ0v) is 12.6. The van der Waals surface area contributed by atoms with Gasteiger partial charge in [0.2, 0.25) is 0 Å². The van der Waals surface area contributed by atoms with Crippen molar-refractivity contribution in [3.8, 4) is 0 Å². The predicted molar refractivity (Wildman–Crippen MR) is 79.3 cm³/mol. The standard InChI is InChI=1S/C14H24N2O2S/c1-3-6-14(18,7-4-2)11-16-13(17)15-9-12-5-8-19-10-12/h5,8,10,18H,3-4,6-7,9,11H2,1-2H3,(H2,15,16,17). The third-order valence-electron chi connectivity index (χ3n) is 3.04. The van der Waals surface area contributed by atoms with Crippen molar-refractivity contribution >= 4 is 17.4 Å². The first-order chi connectivity index (χ1) is 9.09. The van der Waals surface area contributed by atoms with Crippen LogP contribution in [-0.4, -0.2) is 23.3 Å². The summed E-state index contributed by atoms with van der Waals surface area (Å²) >= 11 is 1.61. The van der Waals surface area contributed by atoms with Gasteiger partial charge in [-0.25, -0.2) is 4.79 Å². The molecule has 19 heavy (non-hydrogen) atoms. The Balaban J connectivity index is 2.31. The second kappa shape index (κ2) is 8.17. The fraction of sp³-hybridized carbons (Fsp3) is 0.643. The maximum absolute atomic E-state index is 11.7. The molecule has 0 radical (unpaired) electrons. The van der Waals surface area contributed by atoms with E-state index < -0.39 is 5.60 Å². The number of carbonyl (C=O) groups is 1. The second-order valence-electron chi connectivity index (χ2n) is 4.89. The van der Waals surface area contributed by atoms with Gasteiger partial charge in [0.15, 0.2) is 0 Å². The van der Waals surface area contributed by atoms with Crippen LogP contribution in [0.3, 0.4) is 0 Å². The van der Waals surface area contributed by atoms with Crippen molar-refractivity contribution in [3.63, 3.8) is 0 Å². The van der Waals surface area contributed by atoms with Crippen LogP contribution in [0.4, 0.5) is 4.79 Å². The molecule has 0 bridgehead atoms. The third kappa shape index (κ3) is 6.07. The normalized spacial score (nSPS) is 11.3. The largest absolute Gasteiger partial charge is 0.388 e. The van der Waals surface area contributed by atoms with Crippen LogP contribution in [0.25, 0.3) is 0 Å². The first-order valence-electron chi connectivity index (χ1n) is 6.85. The van der Waals surface area contributed by atoms with Gasteiger partial charge in [0, 0.05) is 13.1 Å². The van der Waals surface area contributed by atoms with Crippen molar-refractivity contribution in [2.75, 3.05) is 6.54 Å². The summed E-state index contributed by atoms with van der Waals surface area (Å²) in [4.78, 5) is 11.7. The van der Waals surface area contributed by atoms with E-state index in [0.717, 1.165) is 18.4 Å². The smallest absolute Gasteiger partial charge is 0.315 e. The first kappa shape index (κ1) is 16.0. The number of hydrogen-bond donors (Lipinski definition) is 3. The lowest BCUT2D eigenvalue weighted by atomic mass is 9.93. The van der Waals surface area contributed by atoms with Crippen molar-refractivity contribution in [2.45, 2.75) is 51.7 Å². The number of nitrogens with one attached hydrogen (secondary N) is 2. The van der Waals surface area contributed by atoms with Gasteiger partial charge in [-0.2, -0.15) is 11.3 Å². The Morgan fingerprint density at radius 3 is 2.53 bits per heavy atom. The van der Waals surface area contributed by atoms with Gasteiger partial charge in [-0.1, -0.05) is 26.7 Å². The topological polar surface area (TPSA) is 61.4 Å². The molecule has 5 heteroatoms. The molecule has 0 fully saturated rings. The number of aliphatic hydroxyl groups is 1. The highest BCUT2D eigenvalue weighted by Crippen LogP contribution is 2.18. The molecule has 0 unspecified atom stereocenters. The Morgan fingerprint density at radius 1 is 1.32 bits per heavy atom. The van der Waals surface area contributed by atoms with E-state index in [1.807, 2.05) is 30.7 Å². The maximum Gasteiger partial charge on any atom is 0.315 e. The van der Waals surface area contributed by atoms with E-state index in [0.29, 0.717) is 25.9 Å². The molecular formula is C14H24N2O2S. The van der Waals surface area contributed by atoms with E-state index in [1.165, 1.54) is 0 Å². The first-order valence-corrected chi connectivity index (χ1v) is 7.79. The minimum atomic E-state index is -0.775. The Morgan fingerprint density at radius 2 is 2.00 bits per heavy atom. The van der Waals surface area contributed by atoms with Gasteiger partial charge in [0.1, 0.15) is 0 Å². The fourth-order valence-corrected chi connectivity index (χ4v) is 2.78. The van der Waals surface area contributed by atoms with Gasteiger partial charge in [-0.3, -0.25) is 0 Å². The lowest BCUT2D eigenvalue weighted by Gasteiger charge is -2.27. The second-order valence-corrected chi connectivity index (χ2v) is 5.67. The molecule has 108 valence electrons. The van der Waals surface area contributed by atoms with Crippen LogP contribution in [0.15, 0.2) is 16.8 Å². The molecule has 1 aromatic rings. The molecule has 0 saturated carbocycles. The maximum atomic E-state index is 11.7. The molecule has 3 N–H and O–H groups in total. The number of carbonyl (C=O) groups excluding carboxylic acids is 1. The monoisotopic (exact) mass is 284 g/mol. The van der Waals surface area contributed by atoms with Crippen molar-refractivity contribution in [3.05, 3.63) is 22.4 Å². The van der Waals surface area contributed by atoms with E-state index in [2.05, 4.69) is 10.6 Å². The van der Waals surface area contributed by atoms with Crippen LogP contribution in [0, 0.1) is 0 Å². The van der Waals surface area contributed by atoms with Crippen LogP contribution < -0.4 is 10.6 Å². The summed E-state index contributed by atoms with van der Waals surface area (Å²) in [6, 6.07) is 1.76. The molecule has 0 atom stereocenters. The molecule has 0 aliphatic rings. The van der Waals surface area contributed by atoms with Crippen molar-refractivity contribution in [1.82, 2.24) is 10.6 Å². The van der Waals surface area contributed by atoms with Gasteiger partial charge >= 0.3 is 6.03 Å². The van der Waals surface area contributed by atoms with Gasteiger partial charge in [-0.15, -0.1) is 0 Å². The summed E-state index contributed by atoms with van der Waals surface area (Å²) in [6.45, 7) is 4.91. The zero-order chi connectivity index (χ0) is 14.1. The molecule has 0 saturated heterocycles. The summed E-state index contributed by atoms with van der Waals surface area (Å²) in [5.74, 6) is 0. The van der Waals surface area contributed by atoms with Crippen LogP contribution in [0.1, 0.15) is 45.1 Å². The highest BCUT2D eigenvalue weighted by molar-refractivity contribution is 7.07. The fourth-order valence-electron chi connectivity index (χ4n) is 2.12. The minimum absolute atomic E-state index is 0.225. The van der Waals surface area contributed by atoms with E-state index in [1.54, 1.807) is 11.3 Å². The molecule has 1 aromatic heterocycles.